The summed E-state index contributed by atoms with van der Waals surface area (Å²) >= 11 is 0. The van der Waals surface area contributed by atoms with Crippen LogP contribution in [0.3, 0.4) is 0 Å². The van der Waals surface area contributed by atoms with E-state index in [4.69, 9.17) is 4.74 Å². The van der Waals surface area contributed by atoms with Gasteiger partial charge in [-0.05, 0) is 76.1 Å². The number of likely N-dealkylation sites (tertiary alicyclic amines) is 1. The molecule has 3 fully saturated rings. The number of carbonyl (C=O) groups excluding carboxylic acids is 4. The average Bonchev–Trinajstić information content (AvgIpc) is 3.53. The van der Waals surface area contributed by atoms with Crippen molar-refractivity contribution in [1.82, 2.24) is 10.2 Å². The van der Waals surface area contributed by atoms with E-state index in [1.165, 1.54) is 5.57 Å². The van der Waals surface area contributed by atoms with Crippen LogP contribution in [0.2, 0.25) is 0 Å². The van der Waals surface area contributed by atoms with E-state index in [-0.39, 0.29) is 24.3 Å². The standard InChI is InChI=1S/C26H31N3O5/c1-25(2,3)34-24(33)28-12-8-16(9-13-28)14-17-4-5-19-18(15-17)26(10-11-26)23(32)29(19)20-6-7-21(30)27-22(20)31/h4-5,14-15,20H,6-13H2,1-3H3,(H,27,30,31). The number of rotatable bonds is 2. The highest BCUT2D eigenvalue weighted by Crippen LogP contribution is 2.58. The maximum Gasteiger partial charge on any atom is 0.410 e. The predicted molar refractivity (Wildman–Crippen MR) is 126 cm³/mol. The molecule has 4 amide bonds. The van der Waals surface area contributed by atoms with Crippen LogP contribution in [0.25, 0.3) is 6.08 Å². The highest BCUT2D eigenvalue weighted by molar-refractivity contribution is 6.15. The Morgan fingerprint density at radius 1 is 1.12 bits per heavy atom. The third-order valence-corrected chi connectivity index (χ3v) is 7.12. The van der Waals surface area contributed by atoms with Gasteiger partial charge in [0.25, 0.3) is 0 Å². The molecule has 0 aromatic heterocycles. The summed E-state index contributed by atoms with van der Waals surface area (Å²) in [6.45, 7) is 6.85. The third kappa shape index (κ3) is 3.99. The van der Waals surface area contributed by atoms with Gasteiger partial charge in [-0.1, -0.05) is 17.7 Å². The van der Waals surface area contributed by atoms with Gasteiger partial charge in [0, 0.05) is 25.2 Å². The van der Waals surface area contributed by atoms with E-state index in [1.807, 2.05) is 32.9 Å². The van der Waals surface area contributed by atoms with Crippen molar-refractivity contribution in [1.29, 1.82) is 0 Å². The van der Waals surface area contributed by atoms with E-state index in [9.17, 15) is 19.2 Å². The van der Waals surface area contributed by atoms with Crippen molar-refractivity contribution >= 4 is 35.6 Å². The van der Waals surface area contributed by atoms with E-state index in [0.29, 0.717) is 19.5 Å². The molecular formula is C26H31N3O5. The van der Waals surface area contributed by atoms with Gasteiger partial charge in [-0.25, -0.2) is 4.79 Å². The molecule has 0 bridgehead atoms. The summed E-state index contributed by atoms with van der Waals surface area (Å²) in [6, 6.07) is 5.37. The van der Waals surface area contributed by atoms with Crippen LogP contribution in [0.4, 0.5) is 10.5 Å². The topological polar surface area (TPSA) is 96.0 Å². The molecule has 1 aromatic carbocycles. The molecule has 180 valence electrons. The number of carbonyl (C=O) groups is 4. The zero-order chi connectivity index (χ0) is 24.3. The van der Waals surface area contributed by atoms with Gasteiger partial charge >= 0.3 is 6.09 Å². The number of piperidine rings is 2. The lowest BCUT2D eigenvalue weighted by Crippen LogP contribution is -2.54. The largest absolute Gasteiger partial charge is 0.444 e. The van der Waals surface area contributed by atoms with Crippen molar-refractivity contribution in [3.05, 3.63) is 34.9 Å². The second-order valence-electron chi connectivity index (χ2n) is 10.8. The molecule has 1 atom stereocenters. The van der Waals surface area contributed by atoms with E-state index in [2.05, 4.69) is 17.5 Å². The minimum absolute atomic E-state index is 0.0209. The Morgan fingerprint density at radius 2 is 1.82 bits per heavy atom. The van der Waals surface area contributed by atoms with Crippen LogP contribution in [-0.2, 0) is 24.5 Å². The fourth-order valence-corrected chi connectivity index (χ4v) is 5.22. The Bertz CT molecular complexity index is 1100. The Hall–Kier alpha value is -3.16. The van der Waals surface area contributed by atoms with Gasteiger partial charge in [0.1, 0.15) is 11.6 Å². The fraction of sp³-hybridized carbons (Fsp3) is 0.538. The molecule has 1 unspecified atom stereocenters. The summed E-state index contributed by atoms with van der Waals surface area (Å²) in [5.74, 6) is -0.697. The number of ether oxygens (including phenoxy) is 1. The Labute approximate surface area is 199 Å². The zero-order valence-electron chi connectivity index (χ0n) is 20.0. The number of fused-ring (bicyclic) bond motifs is 2. The molecule has 1 aliphatic carbocycles. The molecule has 1 saturated carbocycles. The normalized spacial score (nSPS) is 23.7. The monoisotopic (exact) mass is 465 g/mol. The summed E-state index contributed by atoms with van der Waals surface area (Å²) < 4.78 is 5.48. The minimum atomic E-state index is -0.634. The number of imide groups is 1. The molecule has 1 spiro atoms. The first-order valence-electron chi connectivity index (χ1n) is 12.1. The van der Waals surface area contributed by atoms with Crippen molar-refractivity contribution in [3.63, 3.8) is 0 Å². The Morgan fingerprint density at radius 3 is 2.44 bits per heavy atom. The molecule has 2 saturated heterocycles. The highest BCUT2D eigenvalue weighted by atomic mass is 16.6. The lowest BCUT2D eigenvalue weighted by Gasteiger charge is -2.31. The van der Waals surface area contributed by atoms with Crippen molar-refractivity contribution < 1.29 is 23.9 Å². The average molecular weight is 466 g/mol. The third-order valence-electron chi connectivity index (χ3n) is 7.12. The predicted octanol–water partition coefficient (Wildman–Crippen LogP) is 3.28. The minimum Gasteiger partial charge on any atom is -0.444 e. The smallest absolute Gasteiger partial charge is 0.410 e. The maximum atomic E-state index is 13.4. The van der Waals surface area contributed by atoms with Gasteiger partial charge in [0.05, 0.1) is 5.41 Å². The second-order valence-corrected chi connectivity index (χ2v) is 10.8. The molecular weight excluding hydrogens is 434 g/mol. The zero-order valence-corrected chi connectivity index (χ0v) is 20.0. The first-order valence-corrected chi connectivity index (χ1v) is 12.1. The van der Waals surface area contributed by atoms with Gasteiger partial charge in [-0.15, -0.1) is 0 Å². The van der Waals surface area contributed by atoms with Gasteiger partial charge < -0.3 is 9.64 Å². The number of nitrogens with one attached hydrogen (secondary N) is 1. The van der Waals surface area contributed by atoms with E-state index < -0.39 is 23.0 Å². The van der Waals surface area contributed by atoms with Crippen LogP contribution in [0.5, 0.6) is 0 Å². The van der Waals surface area contributed by atoms with E-state index in [0.717, 1.165) is 42.5 Å². The quantitative estimate of drug-likeness (QED) is 0.677. The van der Waals surface area contributed by atoms with Gasteiger partial charge in [0.15, 0.2) is 0 Å². The Balaban J connectivity index is 1.33. The van der Waals surface area contributed by atoms with Gasteiger partial charge in [0.2, 0.25) is 17.7 Å². The molecule has 1 N–H and O–H groups in total. The molecule has 3 aliphatic heterocycles. The molecule has 0 radical (unpaired) electrons. The van der Waals surface area contributed by atoms with Crippen LogP contribution in [0.15, 0.2) is 23.8 Å². The molecule has 1 aromatic rings. The lowest BCUT2D eigenvalue weighted by atomic mass is 9.94. The SMILES string of the molecule is CC(C)(C)OC(=O)N1CCC(=Cc2ccc3c(c2)C2(CC2)C(=O)N3C2CCC(=O)NC2=O)CC1. The lowest BCUT2D eigenvalue weighted by molar-refractivity contribution is -0.135. The molecule has 5 rings (SSSR count). The summed E-state index contributed by atoms with van der Waals surface area (Å²) in [7, 11) is 0. The first-order chi connectivity index (χ1) is 16.1. The van der Waals surface area contributed by atoms with Crippen LogP contribution in [0, 0.1) is 0 Å². The number of anilines is 1. The summed E-state index contributed by atoms with van der Waals surface area (Å²) in [4.78, 5) is 53.1. The fourth-order valence-electron chi connectivity index (χ4n) is 5.22. The number of hydrogen-bond donors (Lipinski definition) is 1. The summed E-state index contributed by atoms with van der Waals surface area (Å²) in [5.41, 5.74) is 3.04. The van der Waals surface area contributed by atoms with Crippen LogP contribution in [-0.4, -0.2) is 53.4 Å². The van der Waals surface area contributed by atoms with Crippen molar-refractivity contribution in [2.75, 3.05) is 18.0 Å². The molecule has 34 heavy (non-hydrogen) atoms. The van der Waals surface area contributed by atoms with E-state index >= 15 is 0 Å². The van der Waals surface area contributed by atoms with Crippen molar-refractivity contribution in [2.45, 2.75) is 76.4 Å². The van der Waals surface area contributed by atoms with Gasteiger partial charge in [-0.2, -0.15) is 0 Å². The van der Waals surface area contributed by atoms with Crippen LogP contribution >= 0.6 is 0 Å². The number of nitrogens with zero attached hydrogens (tertiary/aromatic N) is 2. The van der Waals surface area contributed by atoms with Crippen LogP contribution < -0.4 is 10.2 Å². The molecule has 8 nitrogen and oxygen atoms in total. The number of amides is 4. The second kappa shape index (κ2) is 7.96. The summed E-state index contributed by atoms with van der Waals surface area (Å²) in [5, 5.41) is 2.38. The van der Waals surface area contributed by atoms with Gasteiger partial charge in [-0.3, -0.25) is 24.6 Å². The number of benzene rings is 1. The molecule has 8 heteroatoms. The maximum absolute atomic E-state index is 13.4. The van der Waals surface area contributed by atoms with Crippen LogP contribution in [0.1, 0.15) is 70.4 Å². The highest BCUT2D eigenvalue weighted by Gasteiger charge is 2.61. The summed E-state index contributed by atoms with van der Waals surface area (Å²) in [6.07, 6.45) is 5.61. The Kier molecular flexibility index (Phi) is 5.30. The van der Waals surface area contributed by atoms with E-state index in [1.54, 1.807) is 9.80 Å². The molecule has 4 aliphatic rings. The van der Waals surface area contributed by atoms with Crippen molar-refractivity contribution in [3.8, 4) is 0 Å². The number of hydrogen-bond acceptors (Lipinski definition) is 5. The van der Waals surface area contributed by atoms with Crippen molar-refractivity contribution in [2.24, 2.45) is 0 Å². The first kappa shape index (κ1) is 22.6. The molecule has 3 heterocycles.